The van der Waals surface area contributed by atoms with Crippen molar-refractivity contribution in [2.75, 3.05) is 13.2 Å². The van der Waals surface area contributed by atoms with E-state index in [1.807, 2.05) is 0 Å². The van der Waals surface area contributed by atoms with Crippen LogP contribution in [-0.4, -0.2) is 37.2 Å². The fourth-order valence-corrected chi connectivity index (χ4v) is 10.5. The van der Waals surface area contributed by atoms with E-state index in [-0.39, 0.29) is 31.1 Å². The first-order valence-electron chi connectivity index (χ1n) is 36.1. The van der Waals surface area contributed by atoms with E-state index in [9.17, 15) is 14.4 Å². The molecule has 1 unspecified atom stereocenters. The summed E-state index contributed by atoms with van der Waals surface area (Å²) in [6.07, 6.45) is 94.7. The number of carbonyl (C=O) groups excluding carboxylic acids is 3. The molecule has 0 aromatic heterocycles. The lowest BCUT2D eigenvalue weighted by atomic mass is 10.0. The van der Waals surface area contributed by atoms with E-state index in [2.05, 4.69) is 106 Å². The molecule has 0 rings (SSSR count). The smallest absolute Gasteiger partial charge is 0.306 e. The molecule has 0 aromatic carbocycles. The zero-order valence-electron chi connectivity index (χ0n) is 55.2. The third-order valence-electron chi connectivity index (χ3n) is 15.9. The van der Waals surface area contributed by atoms with Crippen molar-refractivity contribution in [3.63, 3.8) is 0 Å². The van der Waals surface area contributed by atoms with Gasteiger partial charge in [-0.05, 0) is 96.3 Å². The lowest BCUT2D eigenvalue weighted by molar-refractivity contribution is -0.167. The molecule has 0 saturated heterocycles. The van der Waals surface area contributed by atoms with Crippen LogP contribution in [0.1, 0.15) is 367 Å². The lowest BCUT2D eigenvalue weighted by Gasteiger charge is -2.18. The summed E-state index contributed by atoms with van der Waals surface area (Å²) in [4.78, 5) is 38.4. The van der Waals surface area contributed by atoms with Crippen LogP contribution in [0.5, 0.6) is 0 Å². The second-order valence-corrected chi connectivity index (χ2v) is 24.1. The first-order valence-corrected chi connectivity index (χ1v) is 36.1. The van der Waals surface area contributed by atoms with Crippen LogP contribution in [0.2, 0.25) is 0 Å². The van der Waals surface area contributed by atoms with Crippen LogP contribution in [0.4, 0.5) is 0 Å². The molecule has 0 N–H and O–H groups in total. The van der Waals surface area contributed by atoms with Gasteiger partial charge in [-0.25, -0.2) is 0 Å². The van der Waals surface area contributed by atoms with Crippen LogP contribution in [0, 0.1) is 0 Å². The predicted octanol–water partition coefficient (Wildman–Crippen LogP) is 25.0. The van der Waals surface area contributed by atoms with Crippen LogP contribution in [0.15, 0.2) is 85.1 Å². The quantitative estimate of drug-likeness (QED) is 0.0261. The summed E-state index contributed by atoms with van der Waals surface area (Å²) in [6, 6.07) is 0. The Hall–Kier alpha value is -3.41. The van der Waals surface area contributed by atoms with Crippen LogP contribution in [0.25, 0.3) is 0 Å². The molecule has 0 radical (unpaired) electrons. The average molecular weight is 1160 g/mol. The lowest BCUT2D eigenvalue weighted by Crippen LogP contribution is -2.30. The summed E-state index contributed by atoms with van der Waals surface area (Å²) < 4.78 is 17.0. The van der Waals surface area contributed by atoms with Gasteiger partial charge in [0.1, 0.15) is 13.2 Å². The monoisotopic (exact) mass is 1160 g/mol. The summed E-state index contributed by atoms with van der Waals surface area (Å²) in [7, 11) is 0. The third kappa shape index (κ3) is 69.3. The van der Waals surface area contributed by atoms with Crippen LogP contribution in [0.3, 0.4) is 0 Å². The first-order chi connectivity index (χ1) is 41.0. The minimum Gasteiger partial charge on any atom is -0.462 e. The Labute approximate surface area is 515 Å². The van der Waals surface area contributed by atoms with Crippen molar-refractivity contribution < 1.29 is 28.6 Å². The number of unbranched alkanes of at least 4 members (excludes halogenated alkanes) is 41. The van der Waals surface area contributed by atoms with Gasteiger partial charge in [0, 0.05) is 19.3 Å². The second-order valence-electron chi connectivity index (χ2n) is 24.1. The molecule has 83 heavy (non-hydrogen) atoms. The molecule has 0 aliphatic heterocycles. The topological polar surface area (TPSA) is 78.9 Å². The zero-order valence-corrected chi connectivity index (χ0v) is 55.2. The minimum absolute atomic E-state index is 0.0727. The maximum atomic E-state index is 13.0. The van der Waals surface area contributed by atoms with Gasteiger partial charge >= 0.3 is 17.9 Å². The highest BCUT2D eigenvalue weighted by atomic mass is 16.6. The molecule has 480 valence electrons. The number of carbonyl (C=O) groups is 3. The largest absolute Gasteiger partial charge is 0.462 e. The molecule has 0 aromatic rings. The van der Waals surface area contributed by atoms with Crippen molar-refractivity contribution in [1.29, 1.82) is 0 Å². The van der Waals surface area contributed by atoms with Crippen molar-refractivity contribution in [1.82, 2.24) is 0 Å². The van der Waals surface area contributed by atoms with Crippen molar-refractivity contribution in [3.8, 4) is 0 Å². The van der Waals surface area contributed by atoms with E-state index in [1.165, 1.54) is 231 Å². The number of ether oxygens (including phenoxy) is 3. The predicted molar refractivity (Wildman–Crippen MR) is 362 cm³/mol. The van der Waals surface area contributed by atoms with Crippen molar-refractivity contribution >= 4 is 17.9 Å². The SMILES string of the molecule is CC/C=C\C/C=C\C/C=C\C/C=C\C/C=C\CCCCCCCCCCCCCCCCCC(=O)OCC(COC(=O)CCCCCCCCCCCCCCC)OC(=O)CCCCCCCCCCC/C=C\C/C=C\CCCCCCC. The molecule has 0 aliphatic rings. The standard InChI is InChI=1S/C77H136O6/c1-4-7-10-13-16-19-22-25-27-29-31-33-34-35-36-37-38-39-40-41-42-44-45-47-49-52-55-58-61-64-67-70-76(79)82-73-74(72-81-75(78)69-66-63-60-57-54-51-24-21-18-15-12-9-6-3)83-77(80)71-68-65-62-59-56-53-50-48-46-43-32-30-28-26-23-20-17-14-11-8-5-2/h7,10,16,19,23,25-27,30-33,35-36,74H,4-6,8-9,11-15,17-18,20-22,24,28-29,34,37-73H2,1-3H3/b10-7-,19-16-,26-23-,27-25-,32-30-,33-31-,36-35-. The van der Waals surface area contributed by atoms with Gasteiger partial charge in [0.15, 0.2) is 6.10 Å². The Kier molecular flexibility index (Phi) is 68.2. The molecule has 6 heteroatoms. The Balaban J connectivity index is 4.22. The first kappa shape index (κ1) is 79.6. The van der Waals surface area contributed by atoms with E-state index in [4.69, 9.17) is 14.2 Å². The maximum Gasteiger partial charge on any atom is 0.306 e. The molecule has 0 bridgehead atoms. The van der Waals surface area contributed by atoms with Gasteiger partial charge in [0.2, 0.25) is 0 Å². The highest BCUT2D eigenvalue weighted by Crippen LogP contribution is 2.18. The van der Waals surface area contributed by atoms with Crippen LogP contribution >= 0.6 is 0 Å². The fourth-order valence-electron chi connectivity index (χ4n) is 10.5. The van der Waals surface area contributed by atoms with Gasteiger partial charge in [-0.2, -0.15) is 0 Å². The summed E-state index contributed by atoms with van der Waals surface area (Å²) in [5.74, 6) is -0.856. The number of rotatable bonds is 66. The van der Waals surface area contributed by atoms with Gasteiger partial charge in [-0.3, -0.25) is 14.4 Å². The van der Waals surface area contributed by atoms with E-state index in [1.54, 1.807) is 0 Å². The van der Waals surface area contributed by atoms with Gasteiger partial charge < -0.3 is 14.2 Å². The minimum atomic E-state index is -0.777. The average Bonchev–Trinajstić information content (AvgIpc) is 3.49. The number of esters is 3. The van der Waals surface area contributed by atoms with E-state index in [0.717, 1.165) is 96.3 Å². The van der Waals surface area contributed by atoms with Gasteiger partial charge in [0.05, 0.1) is 0 Å². The zero-order chi connectivity index (χ0) is 59.9. The van der Waals surface area contributed by atoms with Crippen LogP contribution < -0.4 is 0 Å². The molecule has 0 heterocycles. The maximum absolute atomic E-state index is 13.0. The molecule has 0 spiro atoms. The number of hydrogen-bond acceptors (Lipinski definition) is 6. The molecule has 0 fully saturated rings. The molecule has 0 saturated carbocycles. The molecular formula is C77H136O6. The Morgan fingerprint density at radius 1 is 0.253 bits per heavy atom. The van der Waals surface area contributed by atoms with Gasteiger partial charge in [-0.1, -0.05) is 337 Å². The summed E-state index contributed by atoms with van der Waals surface area (Å²) >= 11 is 0. The molecule has 1 atom stereocenters. The molecule has 0 amide bonds. The second kappa shape index (κ2) is 71.1. The van der Waals surface area contributed by atoms with Crippen molar-refractivity contribution in [2.45, 2.75) is 374 Å². The number of allylic oxidation sites excluding steroid dienone is 14. The van der Waals surface area contributed by atoms with Crippen LogP contribution in [-0.2, 0) is 28.6 Å². The van der Waals surface area contributed by atoms with Crippen molar-refractivity contribution in [3.05, 3.63) is 85.1 Å². The summed E-state index contributed by atoms with van der Waals surface area (Å²) in [6.45, 7) is 6.56. The Morgan fingerprint density at radius 3 is 0.735 bits per heavy atom. The summed E-state index contributed by atoms with van der Waals surface area (Å²) in [5.41, 5.74) is 0. The summed E-state index contributed by atoms with van der Waals surface area (Å²) in [5, 5.41) is 0. The Bertz CT molecular complexity index is 1570. The van der Waals surface area contributed by atoms with Gasteiger partial charge in [-0.15, -0.1) is 0 Å². The highest BCUT2D eigenvalue weighted by Gasteiger charge is 2.19. The van der Waals surface area contributed by atoms with E-state index in [0.29, 0.717) is 19.3 Å². The normalized spacial score (nSPS) is 12.6. The Morgan fingerprint density at radius 2 is 0.470 bits per heavy atom. The third-order valence-corrected chi connectivity index (χ3v) is 15.9. The van der Waals surface area contributed by atoms with Crippen molar-refractivity contribution in [2.24, 2.45) is 0 Å². The molecule has 6 nitrogen and oxygen atoms in total. The van der Waals surface area contributed by atoms with E-state index < -0.39 is 6.10 Å². The molecule has 0 aliphatic carbocycles. The highest BCUT2D eigenvalue weighted by molar-refractivity contribution is 5.71. The number of hydrogen-bond donors (Lipinski definition) is 0. The van der Waals surface area contributed by atoms with E-state index >= 15 is 0 Å². The molecular weight excluding hydrogens is 1020 g/mol. The fraction of sp³-hybridized carbons (Fsp3) is 0.779. The van der Waals surface area contributed by atoms with Gasteiger partial charge in [0.25, 0.3) is 0 Å².